The van der Waals surface area contributed by atoms with Crippen molar-refractivity contribution in [3.05, 3.63) is 97.3 Å². The zero-order valence-electron chi connectivity index (χ0n) is 21.8. The molecular weight excluding hydrogens is 436 g/mol. The van der Waals surface area contributed by atoms with Gasteiger partial charge in [0.25, 0.3) is 0 Å². The number of allylic oxidation sites excluding steroid dienone is 4. The average Bonchev–Trinajstić information content (AvgIpc) is 3.23. The Morgan fingerprint density at radius 3 is 1.94 bits per heavy atom. The molecule has 0 fully saturated rings. The number of benzene rings is 2. The van der Waals surface area contributed by atoms with Crippen LogP contribution >= 0.6 is 0 Å². The van der Waals surface area contributed by atoms with Gasteiger partial charge in [-0.05, 0) is 28.4 Å². The molecule has 4 rings (SSSR count). The quantitative estimate of drug-likeness (QED) is 0.227. The van der Waals surface area contributed by atoms with Gasteiger partial charge in [0, 0.05) is 0 Å². The van der Waals surface area contributed by atoms with Crippen molar-refractivity contribution in [3.63, 3.8) is 0 Å². The summed E-state index contributed by atoms with van der Waals surface area (Å²) in [7, 11) is 2.97. The molecule has 0 nitrogen and oxygen atoms in total. The second-order valence-electron chi connectivity index (χ2n) is 10.3. The maximum absolute atomic E-state index is 3.67. The van der Waals surface area contributed by atoms with Gasteiger partial charge in [0.05, 0.1) is 0 Å². The molecule has 0 amide bonds. The van der Waals surface area contributed by atoms with Crippen LogP contribution < -0.4 is 0 Å². The van der Waals surface area contributed by atoms with Gasteiger partial charge < -0.3 is 14.9 Å². The molecule has 0 bridgehead atoms. The summed E-state index contributed by atoms with van der Waals surface area (Å²) in [6.07, 6.45) is 8.50. The van der Waals surface area contributed by atoms with E-state index < -0.39 is 0 Å². The van der Waals surface area contributed by atoms with Crippen LogP contribution in [0.3, 0.4) is 0 Å². The third-order valence-electron chi connectivity index (χ3n) is 5.55. The number of rotatable bonds is 0. The van der Waals surface area contributed by atoms with E-state index in [2.05, 4.69) is 118 Å². The summed E-state index contributed by atoms with van der Waals surface area (Å²) in [5.74, 6) is 0.556. The summed E-state index contributed by atoms with van der Waals surface area (Å²) < 4.78 is 0. The Labute approximate surface area is 213 Å². The zero-order chi connectivity index (χ0) is 22.7. The topological polar surface area (TPSA) is 0 Å². The first kappa shape index (κ1) is 30.9. The predicted octanol–water partition coefficient (Wildman–Crippen LogP) is 8.11. The van der Waals surface area contributed by atoms with Gasteiger partial charge in [-0.15, -0.1) is 11.1 Å². The molecule has 0 aliphatic heterocycles. The van der Waals surface area contributed by atoms with E-state index in [4.69, 9.17) is 0 Å². The third-order valence-corrected chi connectivity index (χ3v) is 5.55. The molecule has 172 valence electrons. The van der Waals surface area contributed by atoms with E-state index in [0.29, 0.717) is 5.92 Å². The van der Waals surface area contributed by atoms with Crippen molar-refractivity contribution in [2.75, 3.05) is 0 Å². The Hall–Kier alpha value is -1.15. The van der Waals surface area contributed by atoms with E-state index >= 15 is 0 Å². The normalized spacial score (nSPS) is 15.5. The van der Waals surface area contributed by atoms with E-state index in [1.165, 1.54) is 39.0 Å². The molecule has 2 heteroatoms. The van der Waals surface area contributed by atoms with Crippen LogP contribution in [-0.4, -0.2) is 7.63 Å². The first-order chi connectivity index (χ1) is 13.9. The zero-order valence-corrected chi connectivity index (χ0v) is 24.4. The fraction of sp³-hybridized carbons (Fsp3) is 0.400. The average molecular weight is 477 g/mol. The van der Waals surface area contributed by atoms with Crippen LogP contribution in [-0.2, 0) is 36.4 Å². The first-order valence-corrected chi connectivity index (χ1v) is 13.5. The van der Waals surface area contributed by atoms with Gasteiger partial charge in [0.1, 0.15) is 0 Å². The molecule has 2 aliphatic rings. The van der Waals surface area contributed by atoms with Crippen molar-refractivity contribution in [1.82, 2.24) is 0 Å². The summed E-state index contributed by atoms with van der Waals surface area (Å²) in [5.41, 5.74) is 9.98. The summed E-state index contributed by atoms with van der Waals surface area (Å²) in [6, 6.07) is 15.2. The fourth-order valence-electron chi connectivity index (χ4n) is 3.77. The van der Waals surface area contributed by atoms with Crippen LogP contribution in [0.2, 0.25) is 0 Å². The molecule has 2 radical (unpaired) electrons. The predicted molar refractivity (Wildman–Crippen MR) is 140 cm³/mol. The van der Waals surface area contributed by atoms with E-state index in [0.717, 1.165) is 6.42 Å². The third kappa shape index (κ3) is 7.72. The second kappa shape index (κ2) is 12.4. The van der Waals surface area contributed by atoms with Crippen molar-refractivity contribution in [2.24, 2.45) is 5.92 Å². The molecule has 32 heavy (non-hydrogen) atoms. The van der Waals surface area contributed by atoms with Crippen LogP contribution in [0, 0.1) is 32.9 Å². The summed E-state index contributed by atoms with van der Waals surface area (Å²) in [4.78, 5) is 0. The molecule has 2 aromatic carbocycles. The number of fused-ring (bicyclic) bond motifs is 3. The van der Waals surface area contributed by atoms with Crippen LogP contribution in [0.4, 0.5) is 0 Å². The standard InChI is InChI=1S/C21H25.C7H9.2CH3.Si.Ti/c1-20(2,3)16-7-9-18-14(12-16)11-15-13-17(21(4,5)6)8-10-19(15)18;1-6-3-4-7(2)5-6;;;;/h7-10,12H,11H2,1-6H3;3-4,6H,1-2H3;2*1H3;;/q4*-1;;. The van der Waals surface area contributed by atoms with E-state index in [1.54, 1.807) is 19.2 Å². The molecule has 1 unspecified atom stereocenters. The Kier molecular flexibility index (Phi) is 11.9. The molecule has 2 aromatic rings. The maximum atomic E-state index is 3.67. The molecular formula is C30H40SiTi-4. The van der Waals surface area contributed by atoms with Gasteiger partial charge >= 0.3 is 26.8 Å². The molecule has 0 heterocycles. The summed E-state index contributed by atoms with van der Waals surface area (Å²) >= 11 is 1.81. The summed E-state index contributed by atoms with van der Waals surface area (Å²) in [5, 5.41) is 0. The van der Waals surface area contributed by atoms with Crippen molar-refractivity contribution in [1.29, 1.82) is 0 Å². The van der Waals surface area contributed by atoms with Crippen LogP contribution in [0.25, 0.3) is 11.1 Å². The van der Waals surface area contributed by atoms with Gasteiger partial charge in [0.15, 0.2) is 0 Å². The molecule has 0 N–H and O–H groups in total. The minimum absolute atomic E-state index is 0. The Bertz CT molecular complexity index is 890. The fourth-order valence-corrected chi connectivity index (χ4v) is 3.77. The van der Waals surface area contributed by atoms with E-state index in [1.807, 2.05) is 0 Å². The molecule has 0 saturated carbocycles. The molecule has 0 aromatic heterocycles. The van der Waals surface area contributed by atoms with Crippen molar-refractivity contribution in [2.45, 2.75) is 72.6 Å². The molecule has 1 atom stereocenters. The number of hydrogen-bond donors (Lipinski definition) is 0. The van der Waals surface area contributed by atoms with E-state index in [9.17, 15) is 0 Å². The Morgan fingerprint density at radius 2 is 1.50 bits per heavy atom. The molecule has 0 saturated heterocycles. The number of hydrogen-bond acceptors (Lipinski definition) is 0. The van der Waals surface area contributed by atoms with Gasteiger partial charge in [-0.1, -0.05) is 85.1 Å². The van der Waals surface area contributed by atoms with Crippen LogP contribution in [0.5, 0.6) is 0 Å². The van der Waals surface area contributed by atoms with Crippen molar-refractivity contribution < 1.29 is 19.2 Å². The van der Waals surface area contributed by atoms with Crippen LogP contribution in [0.1, 0.15) is 77.6 Å². The van der Waals surface area contributed by atoms with E-state index in [-0.39, 0.29) is 25.7 Å². The summed E-state index contributed by atoms with van der Waals surface area (Å²) in [6.45, 7) is 17.8. The van der Waals surface area contributed by atoms with Gasteiger partial charge in [-0.25, -0.2) is 11.6 Å². The van der Waals surface area contributed by atoms with Gasteiger partial charge in [0.2, 0.25) is 0 Å². The SMILES string of the molecule is CC(C)(C)c1[c-]c2c(cc1)-c1ccc(C(C)(C)C)cc1C2.CC1=[C-]C(C)C=C1.[CH3-].[CH3-].[Si]=[Ti]. The van der Waals surface area contributed by atoms with Crippen molar-refractivity contribution in [3.8, 4) is 11.1 Å². The Balaban J connectivity index is 0.000000745. The van der Waals surface area contributed by atoms with Crippen LogP contribution in [0.15, 0.2) is 48.1 Å². The van der Waals surface area contributed by atoms with Gasteiger partial charge in [-0.3, -0.25) is 6.08 Å². The first-order valence-electron chi connectivity index (χ1n) is 10.7. The van der Waals surface area contributed by atoms with Crippen molar-refractivity contribution >= 4 is 7.63 Å². The second-order valence-corrected chi connectivity index (χ2v) is 10.3. The minimum atomic E-state index is 0. The Morgan fingerprint density at radius 1 is 0.906 bits per heavy atom. The monoisotopic (exact) mass is 476 g/mol. The van der Waals surface area contributed by atoms with Gasteiger partial charge in [-0.2, -0.15) is 29.8 Å². The molecule has 2 aliphatic carbocycles. The molecule has 0 spiro atoms.